The van der Waals surface area contributed by atoms with Gasteiger partial charge in [-0.15, -0.1) is 0 Å². The Balaban J connectivity index is 1.97. The van der Waals surface area contributed by atoms with E-state index >= 15 is 0 Å². The molecule has 0 bridgehead atoms. The van der Waals surface area contributed by atoms with E-state index in [1.807, 2.05) is 18.7 Å². The van der Waals surface area contributed by atoms with Gasteiger partial charge in [0.15, 0.2) is 0 Å². The molecule has 2 heterocycles. The summed E-state index contributed by atoms with van der Waals surface area (Å²) < 4.78 is 2.19. The van der Waals surface area contributed by atoms with Crippen LogP contribution in [-0.2, 0) is 5.54 Å². The molecule has 0 aromatic carbocycles. The van der Waals surface area contributed by atoms with Gasteiger partial charge in [-0.05, 0) is 13.8 Å². The topological polar surface area (TPSA) is 33.1 Å². The van der Waals surface area contributed by atoms with E-state index in [4.69, 9.17) is 0 Å². The third-order valence-corrected chi connectivity index (χ3v) is 3.02. The minimum atomic E-state index is 0.133. The summed E-state index contributed by atoms with van der Waals surface area (Å²) in [6.45, 7) is 10.1. The van der Waals surface area contributed by atoms with Gasteiger partial charge in [0.2, 0.25) is 0 Å². The molecule has 1 aromatic rings. The molecule has 1 aliphatic rings. The van der Waals surface area contributed by atoms with Gasteiger partial charge in [-0.3, -0.25) is 4.90 Å². The summed E-state index contributed by atoms with van der Waals surface area (Å²) in [5, 5.41) is 3.37. The summed E-state index contributed by atoms with van der Waals surface area (Å²) in [6.07, 6.45) is 5.80. The largest absolute Gasteiger partial charge is 0.331 e. The second-order valence-corrected chi connectivity index (χ2v) is 4.81. The molecule has 0 spiro atoms. The molecule has 0 unspecified atom stereocenters. The van der Waals surface area contributed by atoms with E-state index in [1.165, 1.54) is 0 Å². The molecule has 0 amide bonds. The third-order valence-electron chi connectivity index (χ3n) is 3.02. The van der Waals surface area contributed by atoms with E-state index in [0.29, 0.717) is 0 Å². The lowest BCUT2D eigenvalue weighted by Gasteiger charge is -2.35. The van der Waals surface area contributed by atoms with Crippen molar-refractivity contribution in [1.29, 1.82) is 0 Å². The molecule has 84 valence electrons. The van der Waals surface area contributed by atoms with Crippen LogP contribution >= 0.6 is 0 Å². The fourth-order valence-electron chi connectivity index (χ4n) is 2.12. The second-order valence-electron chi connectivity index (χ2n) is 4.81. The Morgan fingerprint density at radius 1 is 1.33 bits per heavy atom. The minimum Gasteiger partial charge on any atom is -0.331 e. The van der Waals surface area contributed by atoms with Crippen LogP contribution in [0, 0.1) is 0 Å². The summed E-state index contributed by atoms with van der Waals surface area (Å²) >= 11 is 0. The fraction of sp³-hybridized carbons (Fsp3) is 0.727. The van der Waals surface area contributed by atoms with Crippen molar-refractivity contribution in [3.63, 3.8) is 0 Å². The molecule has 4 nitrogen and oxygen atoms in total. The standard InChI is InChI=1S/C11H20N4/c1-11(2,15-8-5-13-10-15)9-14-6-3-12-4-7-14/h5,8,10,12H,3-4,6-7,9H2,1-2H3. The fourth-order valence-corrected chi connectivity index (χ4v) is 2.12. The van der Waals surface area contributed by atoms with Crippen LogP contribution in [0.3, 0.4) is 0 Å². The Kier molecular flexibility index (Phi) is 3.07. The zero-order valence-corrected chi connectivity index (χ0v) is 9.61. The lowest BCUT2D eigenvalue weighted by Crippen LogP contribution is -2.49. The normalized spacial score (nSPS) is 19.3. The molecule has 2 rings (SSSR count). The molecule has 1 N–H and O–H groups in total. The van der Waals surface area contributed by atoms with E-state index in [1.54, 1.807) is 0 Å². The van der Waals surface area contributed by atoms with Gasteiger partial charge in [-0.1, -0.05) is 0 Å². The van der Waals surface area contributed by atoms with Crippen molar-refractivity contribution in [2.45, 2.75) is 19.4 Å². The third kappa shape index (κ3) is 2.58. The molecule has 0 aliphatic carbocycles. The first-order valence-electron chi connectivity index (χ1n) is 5.60. The first kappa shape index (κ1) is 10.6. The van der Waals surface area contributed by atoms with Crippen molar-refractivity contribution in [2.75, 3.05) is 32.7 Å². The Hall–Kier alpha value is -0.870. The van der Waals surface area contributed by atoms with Gasteiger partial charge in [0.05, 0.1) is 11.9 Å². The SMILES string of the molecule is CC(C)(CN1CCNCC1)n1ccnc1. The maximum Gasteiger partial charge on any atom is 0.0951 e. The number of imidazole rings is 1. The Labute approximate surface area is 91.3 Å². The van der Waals surface area contributed by atoms with Gasteiger partial charge in [-0.25, -0.2) is 4.98 Å². The number of nitrogens with one attached hydrogen (secondary N) is 1. The highest BCUT2D eigenvalue weighted by molar-refractivity contribution is 4.88. The number of nitrogens with zero attached hydrogens (tertiary/aromatic N) is 3. The van der Waals surface area contributed by atoms with E-state index in [-0.39, 0.29) is 5.54 Å². The van der Waals surface area contributed by atoms with Crippen LogP contribution in [0.2, 0.25) is 0 Å². The van der Waals surface area contributed by atoms with E-state index < -0.39 is 0 Å². The Morgan fingerprint density at radius 2 is 2.07 bits per heavy atom. The lowest BCUT2D eigenvalue weighted by molar-refractivity contribution is 0.163. The van der Waals surface area contributed by atoms with Gasteiger partial charge in [0, 0.05) is 45.1 Å². The number of piperazine rings is 1. The Bertz CT molecular complexity index is 286. The van der Waals surface area contributed by atoms with E-state index in [2.05, 4.69) is 33.6 Å². The van der Waals surface area contributed by atoms with Crippen LogP contribution in [0.25, 0.3) is 0 Å². The highest BCUT2D eigenvalue weighted by Gasteiger charge is 2.23. The number of hydrogen-bond acceptors (Lipinski definition) is 3. The molecule has 15 heavy (non-hydrogen) atoms. The minimum absolute atomic E-state index is 0.133. The molecular weight excluding hydrogens is 188 g/mol. The number of aromatic nitrogens is 2. The average Bonchev–Trinajstić information content (AvgIpc) is 2.71. The van der Waals surface area contributed by atoms with Crippen LogP contribution < -0.4 is 5.32 Å². The predicted molar refractivity (Wildman–Crippen MR) is 60.9 cm³/mol. The van der Waals surface area contributed by atoms with Crippen molar-refractivity contribution in [1.82, 2.24) is 19.8 Å². The van der Waals surface area contributed by atoms with Gasteiger partial charge < -0.3 is 9.88 Å². The monoisotopic (exact) mass is 208 g/mol. The Morgan fingerprint density at radius 3 is 2.67 bits per heavy atom. The van der Waals surface area contributed by atoms with Crippen LogP contribution in [-0.4, -0.2) is 47.2 Å². The summed E-state index contributed by atoms with van der Waals surface area (Å²) in [4.78, 5) is 6.62. The van der Waals surface area contributed by atoms with Crippen molar-refractivity contribution >= 4 is 0 Å². The van der Waals surface area contributed by atoms with Gasteiger partial charge >= 0.3 is 0 Å². The van der Waals surface area contributed by atoms with Crippen LogP contribution in [0.15, 0.2) is 18.7 Å². The maximum atomic E-state index is 4.11. The summed E-state index contributed by atoms with van der Waals surface area (Å²) in [6, 6.07) is 0. The zero-order valence-electron chi connectivity index (χ0n) is 9.61. The molecule has 4 heteroatoms. The van der Waals surface area contributed by atoms with E-state index in [0.717, 1.165) is 32.7 Å². The first-order chi connectivity index (χ1) is 7.18. The average molecular weight is 208 g/mol. The molecule has 0 radical (unpaired) electrons. The molecule has 1 fully saturated rings. The van der Waals surface area contributed by atoms with E-state index in [9.17, 15) is 0 Å². The van der Waals surface area contributed by atoms with Crippen LogP contribution in [0.5, 0.6) is 0 Å². The summed E-state index contributed by atoms with van der Waals surface area (Å²) in [5.74, 6) is 0. The van der Waals surface area contributed by atoms with Gasteiger partial charge in [0.25, 0.3) is 0 Å². The predicted octanol–water partition coefficient (Wildman–Crippen LogP) is 0.523. The maximum absolute atomic E-state index is 4.11. The molecule has 1 aromatic heterocycles. The number of rotatable bonds is 3. The van der Waals surface area contributed by atoms with Crippen LogP contribution in [0.1, 0.15) is 13.8 Å². The first-order valence-corrected chi connectivity index (χ1v) is 5.60. The molecular formula is C11H20N4. The smallest absolute Gasteiger partial charge is 0.0951 e. The molecule has 0 atom stereocenters. The molecule has 1 saturated heterocycles. The van der Waals surface area contributed by atoms with Gasteiger partial charge in [-0.2, -0.15) is 0 Å². The highest BCUT2D eigenvalue weighted by atomic mass is 15.2. The van der Waals surface area contributed by atoms with Crippen molar-refractivity contribution in [3.05, 3.63) is 18.7 Å². The quantitative estimate of drug-likeness (QED) is 0.786. The van der Waals surface area contributed by atoms with Crippen molar-refractivity contribution in [3.8, 4) is 0 Å². The van der Waals surface area contributed by atoms with Crippen molar-refractivity contribution < 1.29 is 0 Å². The summed E-state index contributed by atoms with van der Waals surface area (Å²) in [5.41, 5.74) is 0.133. The zero-order chi connectivity index (χ0) is 10.7. The molecule has 0 saturated carbocycles. The van der Waals surface area contributed by atoms with Crippen LogP contribution in [0.4, 0.5) is 0 Å². The molecule has 1 aliphatic heterocycles. The lowest BCUT2D eigenvalue weighted by atomic mass is 10.0. The van der Waals surface area contributed by atoms with Gasteiger partial charge in [0.1, 0.15) is 0 Å². The summed E-state index contributed by atoms with van der Waals surface area (Å²) in [7, 11) is 0. The second kappa shape index (κ2) is 4.33. The highest BCUT2D eigenvalue weighted by Crippen LogP contribution is 2.16. The number of hydrogen-bond donors (Lipinski definition) is 1. The van der Waals surface area contributed by atoms with Crippen molar-refractivity contribution in [2.24, 2.45) is 0 Å².